The smallest absolute Gasteiger partial charge is 0.140 e. The second-order valence-corrected chi connectivity index (χ2v) is 6.99. The summed E-state index contributed by atoms with van der Waals surface area (Å²) in [6.07, 6.45) is 2.39. The van der Waals surface area contributed by atoms with Crippen LogP contribution in [0.25, 0.3) is 22.4 Å². The first-order chi connectivity index (χ1) is 12.7. The summed E-state index contributed by atoms with van der Waals surface area (Å²) in [6.45, 7) is 8.37. The second kappa shape index (κ2) is 8.47. The molecule has 3 aromatic rings. The molecule has 2 N–H and O–H groups in total. The molecule has 0 saturated heterocycles. The first kappa shape index (κ1) is 18.6. The van der Waals surface area contributed by atoms with Gasteiger partial charge < -0.3 is 10.3 Å². The first-order valence-electron chi connectivity index (χ1n) is 9.63. The molecule has 0 saturated carbocycles. The van der Waals surface area contributed by atoms with Crippen LogP contribution in [0.15, 0.2) is 42.5 Å². The van der Waals surface area contributed by atoms with E-state index in [-0.39, 0.29) is 0 Å². The van der Waals surface area contributed by atoms with Crippen LogP contribution in [-0.4, -0.2) is 27.5 Å². The lowest BCUT2D eigenvalue weighted by Gasteiger charge is -2.21. The van der Waals surface area contributed by atoms with Crippen molar-refractivity contribution in [2.24, 2.45) is 12.8 Å². The van der Waals surface area contributed by atoms with E-state index in [1.54, 1.807) is 0 Å². The van der Waals surface area contributed by atoms with E-state index >= 15 is 0 Å². The molecule has 0 aliphatic carbocycles. The summed E-state index contributed by atoms with van der Waals surface area (Å²) in [4.78, 5) is 7.35. The minimum Gasteiger partial charge on any atom is -0.327 e. The van der Waals surface area contributed by atoms with Crippen molar-refractivity contribution in [3.8, 4) is 11.4 Å². The zero-order chi connectivity index (χ0) is 18.5. The predicted molar refractivity (Wildman–Crippen MR) is 110 cm³/mol. The van der Waals surface area contributed by atoms with Crippen LogP contribution >= 0.6 is 0 Å². The number of nitrogens with zero attached hydrogens (tertiary/aromatic N) is 3. The van der Waals surface area contributed by atoms with Crippen molar-refractivity contribution in [1.29, 1.82) is 0 Å². The van der Waals surface area contributed by atoms with Gasteiger partial charge in [-0.3, -0.25) is 4.90 Å². The topological polar surface area (TPSA) is 47.1 Å². The normalized spacial score (nSPS) is 11.6. The van der Waals surface area contributed by atoms with E-state index in [1.807, 2.05) is 0 Å². The Bertz CT molecular complexity index is 842. The SMILES string of the molecule is CCCN(CCC)Cc1ccc(-c2nc3ccc(CN)cc3n2C)cc1. The Hall–Kier alpha value is -2.17. The summed E-state index contributed by atoms with van der Waals surface area (Å²) < 4.78 is 2.16. The molecule has 0 fully saturated rings. The van der Waals surface area contributed by atoms with Crippen LogP contribution in [-0.2, 0) is 20.1 Å². The van der Waals surface area contributed by atoms with Crippen molar-refractivity contribution in [1.82, 2.24) is 14.5 Å². The molecule has 0 unspecified atom stereocenters. The monoisotopic (exact) mass is 350 g/mol. The minimum atomic E-state index is 0.553. The number of imidazole rings is 1. The molecule has 0 radical (unpaired) electrons. The minimum absolute atomic E-state index is 0.553. The molecular weight excluding hydrogens is 320 g/mol. The summed E-state index contributed by atoms with van der Waals surface area (Å²) in [5.74, 6) is 1.000. The summed E-state index contributed by atoms with van der Waals surface area (Å²) in [5.41, 5.74) is 11.6. The number of benzene rings is 2. The van der Waals surface area contributed by atoms with Gasteiger partial charge in [0.1, 0.15) is 5.82 Å². The molecule has 0 spiro atoms. The van der Waals surface area contributed by atoms with Gasteiger partial charge in [-0.15, -0.1) is 0 Å². The predicted octanol–water partition coefficient (Wildman–Crippen LogP) is 4.32. The van der Waals surface area contributed by atoms with E-state index in [9.17, 15) is 0 Å². The lowest BCUT2D eigenvalue weighted by atomic mass is 10.1. The van der Waals surface area contributed by atoms with Crippen LogP contribution in [0.2, 0.25) is 0 Å². The van der Waals surface area contributed by atoms with E-state index in [2.05, 4.69) is 72.8 Å². The molecule has 4 nitrogen and oxygen atoms in total. The zero-order valence-electron chi connectivity index (χ0n) is 16.2. The summed E-state index contributed by atoms with van der Waals surface area (Å²) in [6, 6.07) is 15.1. The maximum absolute atomic E-state index is 5.77. The molecule has 26 heavy (non-hydrogen) atoms. The van der Waals surface area contributed by atoms with E-state index in [1.165, 1.54) is 18.4 Å². The average Bonchev–Trinajstić information content (AvgIpc) is 2.99. The molecule has 1 heterocycles. The molecule has 1 aromatic heterocycles. The Morgan fingerprint density at radius 3 is 2.23 bits per heavy atom. The third kappa shape index (κ3) is 3.97. The van der Waals surface area contributed by atoms with Crippen molar-refractivity contribution >= 4 is 11.0 Å². The number of rotatable bonds is 8. The van der Waals surface area contributed by atoms with Gasteiger partial charge in [-0.25, -0.2) is 4.98 Å². The van der Waals surface area contributed by atoms with Crippen LogP contribution in [0, 0.1) is 0 Å². The van der Waals surface area contributed by atoms with Crippen molar-refractivity contribution in [3.63, 3.8) is 0 Å². The second-order valence-electron chi connectivity index (χ2n) is 6.99. The molecule has 0 atom stereocenters. The number of aromatic nitrogens is 2. The molecule has 0 amide bonds. The lowest BCUT2D eigenvalue weighted by Crippen LogP contribution is -2.24. The third-order valence-electron chi connectivity index (χ3n) is 4.88. The van der Waals surface area contributed by atoms with E-state index < -0.39 is 0 Å². The van der Waals surface area contributed by atoms with Crippen LogP contribution in [0.1, 0.15) is 37.8 Å². The molecular formula is C22H30N4. The van der Waals surface area contributed by atoms with Gasteiger partial charge in [-0.1, -0.05) is 44.2 Å². The Kier molecular flexibility index (Phi) is 6.07. The largest absolute Gasteiger partial charge is 0.327 e. The van der Waals surface area contributed by atoms with Crippen molar-refractivity contribution in [2.45, 2.75) is 39.8 Å². The van der Waals surface area contributed by atoms with Crippen molar-refractivity contribution < 1.29 is 0 Å². The van der Waals surface area contributed by atoms with E-state index in [4.69, 9.17) is 10.7 Å². The van der Waals surface area contributed by atoms with Crippen LogP contribution in [0.3, 0.4) is 0 Å². The molecule has 0 bridgehead atoms. The standard InChI is InChI=1S/C22H30N4/c1-4-12-26(13-5-2)16-17-6-9-19(10-7-17)22-24-20-11-8-18(15-23)14-21(20)25(22)3/h6-11,14H,4-5,12-13,15-16,23H2,1-3H3. The van der Waals surface area contributed by atoms with Gasteiger partial charge in [-0.2, -0.15) is 0 Å². The molecule has 0 aliphatic heterocycles. The summed E-state index contributed by atoms with van der Waals surface area (Å²) >= 11 is 0. The molecule has 0 aliphatic rings. The maximum atomic E-state index is 5.77. The highest BCUT2D eigenvalue weighted by molar-refractivity contribution is 5.81. The summed E-state index contributed by atoms with van der Waals surface area (Å²) in [7, 11) is 2.07. The number of hydrogen-bond acceptors (Lipinski definition) is 3. The quantitative estimate of drug-likeness (QED) is 0.658. The van der Waals surface area contributed by atoms with Gasteiger partial charge in [0.05, 0.1) is 11.0 Å². The van der Waals surface area contributed by atoms with Gasteiger partial charge in [0.2, 0.25) is 0 Å². The highest BCUT2D eigenvalue weighted by Gasteiger charge is 2.11. The lowest BCUT2D eigenvalue weighted by molar-refractivity contribution is 0.266. The van der Waals surface area contributed by atoms with Gasteiger partial charge in [0.25, 0.3) is 0 Å². The Labute approximate surface area is 156 Å². The molecule has 138 valence electrons. The van der Waals surface area contributed by atoms with Crippen LogP contribution in [0.5, 0.6) is 0 Å². The van der Waals surface area contributed by atoms with Gasteiger partial charge in [0, 0.05) is 25.7 Å². The van der Waals surface area contributed by atoms with Crippen molar-refractivity contribution in [2.75, 3.05) is 13.1 Å². The van der Waals surface area contributed by atoms with Gasteiger partial charge in [-0.05, 0) is 49.2 Å². The molecule has 4 heteroatoms. The fourth-order valence-electron chi connectivity index (χ4n) is 3.54. The van der Waals surface area contributed by atoms with Gasteiger partial charge >= 0.3 is 0 Å². The number of nitrogens with two attached hydrogens (primary N) is 1. The maximum Gasteiger partial charge on any atom is 0.140 e. The van der Waals surface area contributed by atoms with Crippen molar-refractivity contribution in [3.05, 3.63) is 53.6 Å². The fourth-order valence-corrected chi connectivity index (χ4v) is 3.54. The molecule has 2 aromatic carbocycles. The van der Waals surface area contributed by atoms with E-state index in [0.29, 0.717) is 6.54 Å². The first-order valence-corrected chi connectivity index (χ1v) is 9.63. The highest BCUT2D eigenvalue weighted by Crippen LogP contribution is 2.25. The number of fused-ring (bicyclic) bond motifs is 1. The highest BCUT2D eigenvalue weighted by atomic mass is 15.1. The van der Waals surface area contributed by atoms with E-state index in [0.717, 1.165) is 47.6 Å². The average molecular weight is 351 g/mol. The van der Waals surface area contributed by atoms with Crippen LogP contribution in [0.4, 0.5) is 0 Å². The van der Waals surface area contributed by atoms with Gasteiger partial charge in [0.15, 0.2) is 0 Å². The third-order valence-corrected chi connectivity index (χ3v) is 4.88. The fraction of sp³-hybridized carbons (Fsp3) is 0.409. The molecule has 3 rings (SSSR count). The van der Waals surface area contributed by atoms with Crippen LogP contribution < -0.4 is 5.73 Å². The number of hydrogen-bond donors (Lipinski definition) is 1. The number of aryl methyl sites for hydroxylation is 1. The summed E-state index contributed by atoms with van der Waals surface area (Å²) in [5, 5.41) is 0. The zero-order valence-corrected chi connectivity index (χ0v) is 16.2. The Morgan fingerprint density at radius 2 is 1.62 bits per heavy atom. The Morgan fingerprint density at radius 1 is 0.962 bits per heavy atom. The Balaban J connectivity index is 1.84.